The number of hydrogen-bond donors (Lipinski definition) is 0. The largest absolute Gasteiger partial charge is 0.295 e. The van der Waals surface area contributed by atoms with Crippen molar-refractivity contribution in [3.63, 3.8) is 0 Å². The summed E-state index contributed by atoms with van der Waals surface area (Å²) in [6, 6.07) is 12.8. The van der Waals surface area contributed by atoms with Crippen molar-refractivity contribution in [2.45, 2.75) is 80.6 Å². The lowest BCUT2D eigenvalue weighted by atomic mass is 9.85. The van der Waals surface area contributed by atoms with Crippen LogP contribution in [-0.4, -0.2) is 5.78 Å². The Balaban J connectivity index is 0. The third-order valence-electron chi connectivity index (χ3n) is 4.54. The van der Waals surface area contributed by atoms with Crippen LogP contribution in [0.2, 0.25) is 0 Å². The first kappa shape index (κ1) is 28.8. The smallest absolute Gasteiger partial charge is 0.159 e. The van der Waals surface area contributed by atoms with Crippen LogP contribution < -0.4 is 0 Å². The third kappa shape index (κ3) is 15.2. The highest BCUT2D eigenvalue weighted by Gasteiger charge is 2.18. The van der Waals surface area contributed by atoms with Crippen LogP contribution in [0.5, 0.6) is 0 Å². The fraction of sp³-hybridized carbons (Fsp3) is 0.481. The molecule has 0 spiro atoms. The normalized spacial score (nSPS) is 12.2. The minimum atomic E-state index is -0.0608. The monoisotopic (exact) mass is 395 g/mol. The average Bonchev–Trinajstić information content (AvgIpc) is 2.69. The lowest BCUT2D eigenvalue weighted by Crippen LogP contribution is -2.10. The molecule has 0 amide bonds. The predicted octanol–water partition coefficient (Wildman–Crippen LogP) is 8.19. The zero-order valence-electron chi connectivity index (χ0n) is 19.9. The molecule has 2 heteroatoms. The van der Waals surface area contributed by atoms with Crippen molar-refractivity contribution < 1.29 is 4.79 Å². The molecular formula is C27H41NO. The van der Waals surface area contributed by atoms with E-state index < -0.39 is 0 Å². The Morgan fingerprint density at radius 3 is 1.93 bits per heavy atom. The summed E-state index contributed by atoms with van der Waals surface area (Å²) in [5.74, 6) is 0.712. The van der Waals surface area contributed by atoms with Crippen LogP contribution in [-0.2, 0) is 4.79 Å². The molecule has 0 aliphatic heterocycles. The number of hydrogen-bond acceptors (Lipinski definition) is 2. The van der Waals surface area contributed by atoms with Gasteiger partial charge in [0.05, 0.1) is 11.5 Å². The summed E-state index contributed by atoms with van der Waals surface area (Å²) in [4.78, 5) is 10.8. The van der Waals surface area contributed by atoms with E-state index in [1.165, 1.54) is 18.1 Å². The van der Waals surface area contributed by atoms with Gasteiger partial charge < -0.3 is 0 Å². The number of allylic oxidation sites excluding steroid dienone is 5. The van der Waals surface area contributed by atoms with Crippen molar-refractivity contribution in [3.05, 3.63) is 71.8 Å². The number of carbonyl (C=O) groups excluding carboxylic acids is 1. The number of Topliss-reactive ketones (excluding diaryl/α,β-unsaturated/α-hetero) is 1. The van der Waals surface area contributed by atoms with E-state index >= 15 is 0 Å². The van der Waals surface area contributed by atoms with Gasteiger partial charge in [-0.1, -0.05) is 94.8 Å². The predicted molar refractivity (Wildman–Crippen MR) is 128 cm³/mol. The molecule has 0 N–H and O–H groups in total. The van der Waals surface area contributed by atoms with E-state index in [4.69, 9.17) is 5.26 Å². The van der Waals surface area contributed by atoms with Gasteiger partial charge in [0.25, 0.3) is 0 Å². The number of carbonyl (C=O) groups is 1. The second kappa shape index (κ2) is 16.5. The fourth-order valence-corrected chi connectivity index (χ4v) is 2.29. The van der Waals surface area contributed by atoms with E-state index in [9.17, 15) is 4.79 Å². The molecule has 1 rings (SSSR count). The zero-order chi connectivity index (χ0) is 22.9. The van der Waals surface area contributed by atoms with Crippen molar-refractivity contribution in [3.8, 4) is 6.07 Å². The van der Waals surface area contributed by atoms with Gasteiger partial charge in [-0.15, -0.1) is 0 Å². The van der Waals surface area contributed by atoms with Crippen LogP contribution in [0.4, 0.5) is 0 Å². The van der Waals surface area contributed by atoms with Gasteiger partial charge in [-0.2, -0.15) is 5.26 Å². The van der Waals surface area contributed by atoms with Crippen molar-refractivity contribution >= 4 is 5.78 Å². The third-order valence-corrected chi connectivity index (χ3v) is 4.54. The lowest BCUT2D eigenvalue weighted by molar-refractivity contribution is -0.113. The van der Waals surface area contributed by atoms with Crippen LogP contribution >= 0.6 is 0 Å². The van der Waals surface area contributed by atoms with Crippen LogP contribution in [0.3, 0.4) is 0 Å². The Hall–Kier alpha value is -2.40. The number of nitrogens with zero attached hydrogens (tertiary/aromatic N) is 1. The summed E-state index contributed by atoms with van der Waals surface area (Å²) < 4.78 is 0. The molecule has 160 valence electrons. The van der Waals surface area contributed by atoms with Crippen LogP contribution in [0.1, 0.15) is 86.1 Å². The second-order valence-corrected chi connectivity index (χ2v) is 7.97. The summed E-state index contributed by atoms with van der Waals surface area (Å²) in [6.07, 6.45) is 8.36. The molecule has 0 radical (unpaired) electrons. The van der Waals surface area contributed by atoms with Gasteiger partial charge >= 0.3 is 0 Å². The van der Waals surface area contributed by atoms with Crippen molar-refractivity contribution in [1.29, 1.82) is 5.26 Å². The van der Waals surface area contributed by atoms with E-state index in [2.05, 4.69) is 64.6 Å². The highest BCUT2D eigenvalue weighted by Crippen LogP contribution is 2.25. The highest BCUT2D eigenvalue weighted by molar-refractivity contribution is 5.96. The molecule has 2 nitrogen and oxygen atoms in total. The molecule has 29 heavy (non-hydrogen) atoms. The van der Waals surface area contributed by atoms with E-state index in [0.717, 1.165) is 19.3 Å². The number of ketones is 1. The maximum atomic E-state index is 10.8. The molecule has 1 aromatic carbocycles. The Bertz CT molecular complexity index is 685. The Labute approximate surface area is 180 Å². The van der Waals surface area contributed by atoms with Gasteiger partial charge in [0.15, 0.2) is 5.78 Å². The number of rotatable bonds is 7. The van der Waals surface area contributed by atoms with E-state index in [0.29, 0.717) is 11.5 Å². The highest BCUT2D eigenvalue weighted by atomic mass is 16.1. The standard InChI is InChI=1S/C10H14O.C9H12.C8H15N/c1-5-10(9(4)11)7-6-8(2)3;1-8(2)9-6-4-3-5-7-9;1-4-6-8(3,5-2)7-9/h5-7H,1H2,2-4H3;3-8H,1-2H3;4-6H2,1-3H3/b10-7+;;. The molecule has 0 aromatic heterocycles. The number of benzene rings is 1. The minimum Gasteiger partial charge on any atom is -0.295 e. The summed E-state index contributed by atoms with van der Waals surface area (Å²) in [7, 11) is 0. The molecule has 0 heterocycles. The molecule has 0 aliphatic rings. The van der Waals surface area contributed by atoms with Gasteiger partial charge in [0.1, 0.15) is 0 Å². The average molecular weight is 396 g/mol. The molecule has 0 aliphatic carbocycles. The molecule has 0 bridgehead atoms. The van der Waals surface area contributed by atoms with E-state index in [1.54, 1.807) is 12.2 Å². The SMILES string of the molecule is C=C/C(=C\C=C(C)C)C(C)=O.CC(C)c1ccccc1.CCCC(C)(C#N)CC. The molecule has 0 saturated carbocycles. The maximum absolute atomic E-state index is 10.8. The topological polar surface area (TPSA) is 40.9 Å². The van der Waals surface area contributed by atoms with Gasteiger partial charge in [-0.3, -0.25) is 4.79 Å². The molecular weight excluding hydrogens is 354 g/mol. The van der Waals surface area contributed by atoms with Crippen LogP contribution in [0.25, 0.3) is 0 Å². The first-order chi connectivity index (χ1) is 13.6. The second-order valence-electron chi connectivity index (χ2n) is 7.97. The van der Waals surface area contributed by atoms with E-state index in [1.807, 2.05) is 32.9 Å². The first-order valence-electron chi connectivity index (χ1n) is 10.5. The van der Waals surface area contributed by atoms with Crippen LogP contribution in [0, 0.1) is 16.7 Å². The summed E-state index contributed by atoms with van der Waals surface area (Å²) in [5.41, 5.74) is 3.18. The Morgan fingerprint density at radius 2 is 1.69 bits per heavy atom. The minimum absolute atomic E-state index is 0.0532. The molecule has 1 atom stereocenters. The Kier molecular flexibility index (Phi) is 16.4. The van der Waals surface area contributed by atoms with Gasteiger partial charge in [-0.25, -0.2) is 0 Å². The molecule has 0 fully saturated rings. The maximum Gasteiger partial charge on any atom is 0.159 e. The summed E-state index contributed by atoms with van der Waals surface area (Å²) >= 11 is 0. The quantitative estimate of drug-likeness (QED) is 0.345. The van der Waals surface area contributed by atoms with Gasteiger partial charge in [-0.05, 0) is 52.0 Å². The fourth-order valence-electron chi connectivity index (χ4n) is 2.29. The Morgan fingerprint density at radius 1 is 1.14 bits per heavy atom. The molecule has 0 saturated heterocycles. The first-order valence-corrected chi connectivity index (χ1v) is 10.5. The molecule has 1 aromatic rings. The van der Waals surface area contributed by atoms with Gasteiger partial charge in [0, 0.05) is 5.57 Å². The van der Waals surface area contributed by atoms with Crippen LogP contribution in [0.15, 0.2) is 66.3 Å². The lowest BCUT2D eigenvalue weighted by Gasteiger charge is -2.16. The molecule has 1 unspecified atom stereocenters. The van der Waals surface area contributed by atoms with E-state index in [-0.39, 0.29) is 11.2 Å². The number of nitriles is 1. The zero-order valence-corrected chi connectivity index (χ0v) is 19.9. The summed E-state index contributed by atoms with van der Waals surface area (Å²) in [5, 5.41) is 8.67. The van der Waals surface area contributed by atoms with Crippen molar-refractivity contribution in [1.82, 2.24) is 0 Å². The van der Waals surface area contributed by atoms with Crippen molar-refractivity contribution in [2.75, 3.05) is 0 Å². The van der Waals surface area contributed by atoms with Gasteiger partial charge in [0.2, 0.25) is 0 Å². The summed E-state index contributed by atoms with van der Waals surface area (Å²) in [6.45, 7) is 19.7. The van der Waals surface area contributed by atoms with Crippen molar-refractivity contribution in [2.24, 2.45) is 5.41 Å².